The van der Waals surface area contributed by atoms with Crippen molar-refractivity contribution in [2.24, 2.45) is 0 Å². The van der Waals surface area contributed by atoms with Crippen molar-refractivity contribution in [2.45, 2.75) is 0 Å². The summed E-state index contributed by atoms with van der Waals surface area (Å²) in [5, 5.41) is 5.18. The van der Waals surface area contributed by atoms with E-state index in [4.69, 9.17) is 0 Å². The van der Waals surface area contributed by atoms with Gasteiger partial charge in [-0.15, -0.1) is 0 Å². The Morgan fingerprint density at radius 1 is 1.00 bits per heavy atom. The van der Waals surface area contributed by atoms with Crippen LogP contribution in [0.5, 0.6) is 0 Å². The molecule has 1 N–H and O–H groups in total. The molecule has 0 fully saturated rings. The van der Waals surface area contributed by atoms with Crippen molar-refractivity contribution >= 4 is 28.2 Å². The van der Waals surface area contributed by atoms with Crippen molar-refractivity contribution in [2.75, 3.05) is 24.3 Å². The smallest absolute Gasteiger partial charge is 0.255 e. The Labute approximate surface area is 129 Å². The zero-order valence-corrected chi connectivity index (χ0v) is 12.6. The first-order chi connectivity index (χ1) is 10.6. The maximum atomic E-state index is 12.4. The molecule has 0 radical (unpaired) electrons. The van der Waals surface area contributed by atoms with Crippen molar-refractivity contribution in [3.05, 3.63) is 66.4 Å². The van der Waals surface area contributed by atoms with Crippen LogP contribution in [0.1, 0.15) is 10.4 Å². The van der Waals surface area contributed by atoms with E-state index >= 15 is 0 Å². The fraction of sp³-hybridized carbons (Fsp3) is 0.111. The molecular formula is C18H17N3O. The lowest BCUT2D eigenvalue weighted by Gasteiger charge is -2.12. The lowest BCUT2D eigenvalue weighted by molar-refractivity contribution is 0.102. The zero-order valence-electron chi connectivity index (χ0n) is 12.6. The van der Waals surface area contributed by atoms with Crippen LogP contribution >= 0.6 is 0 Å². The van der Waals surface area contributed by atoms with E-state index < -0.39 is 0 Å². The van der Waals surface area contributed by atoms with Gasteiger partial charge in [-0.25, -0.2) is 4.98 Å². The number of fused-ring (bicyclic) bond motifs is 1. The minimum absolute atomic E-state index is 0.138. The minimum atomic E-state index is -0.138. The first-order valence-electron chi connectivity index (χ1n) is 7.07. The molecule has 3 aromatic rings. The number of rotatable bonds is 3. The van der Waals surface area contributed by atoms with E-state index in [0.717, 1.165) is 22.3 Å². The van der Waals surface area contributed by atoms with Crippen molar-refractivity contribution in [3.8, 4) is 0 Å². The van der Waals surface area contributed by atoms with Crippen molar-refractivity contribution in [3.63, 3.8) is 0 Å². The average molecular weight is 291 g/mol. The summed E-state index contributed by atoms with van der Waals surface area (Å²) in [7, 11) is 3.79. The Hall–Kier alpha value is -2.88. The number of hydrogen-bond donors (Lipinski definition) is 1. The monoisotopic (exact) mass is 291 g/mol. The van der Waals surface area contributed by atoms with Gasteiger partial charge in [0, 0.05) is 31.5 Å². The van der Waals surface area contributed by atoms with Gasteiger partial charge in [-0.3, -0.25) is 4.79 Å². The van der Waals surface area contributed by atoms with Gasteiger partial charge in [0.2, 0.25) is 0 Å². The third-order valence-electron chi connectivity index (χ3n) is 3.47. The molecular weight excluding hydrogens is 274 g/mol. The summed E-state index contributed by atoms with van der Waals surface area (Å²) >= 11 is 0. The van der Waals surface area contributed by atoms with Crippen LogP contribution in [0.3, 0.4) is 0 Å². The molecule has 3 rings (SSSR count). The molecule has 0 aliphatic carbocycles. The van der Waals surface area contributed by atoms with E-state index in [1.807, 2.05) is 61.5 Å². The van der Waals surface area contributed by atoms with Gasteiger partial charge in [0.15, 0.2) is 0 Å². The van der Waals surface area contributed by atoms with E-state index in [-0.39, 0.29) is 5.91 Å². The van der Waals surface area contributed by atoms with Crippen molar-refractivity contribution in [1.29, 1.82) is 0 Å². The number of nitrogens with one attached hydrogen (secondary N) is 1. The molecule has 110 valence electrons. The van der Waals surface area contributed by atoms with E-state index in [9.17, 15) is 4.79 Å². The highest BCUT2D eigenvalue weighted by molar-refractivity contribution is 6.05. The van der Waals surface area contributed by atoms with Gasteiger partial charge >= 0.3 is 0 Å². The summed E-state index contributed by atoms with van der Waals surface area (Å²) < 4.78 is 0. The van der Waals surface area contributed by atoms with Crippen LogP contribution in [0.15, 0.2) is 60.8 Å². The largest absolute Gasteiger partial charge is 0.363 e. The Balaban J connectivity index is 1.84. The molecule has 4 nitrogen and oxygen atoms in total. The van der Waals surface area contributed by atoms with Crippen LogP contribution in [-0.2, 0) is 0 Å². The molecule has 4 heteroatoms. The summed E-state index contributed by atoms with van der Waals surface area (Å²) in [6.07, 6.45) is 1.64. The van der Waals surface area contributed by atoms with Crippen LogP contribution in [0.25, 0.3) is 10.8 Å². The second kappa shape index (κ2) is 5.85. The van der Waals surface area contributed by atoms with Crippen molar-refractivity contribution < 1.29 is 4.79 Å². The number of carbonyl (C=O) groups is 1. The predicted molar refractivity (Wildman–Crippen MR) is 90.5 cm³/mol. The van der Waals surface area contributed by atoms with Crippen LogP contribution < -0.4 is 10.2 Å². The predicted octanol–water partition coefficient (Wildman–Crippen LogP) is 3.55. The Bertz CT molecular complexity index is 827. The molecule has 0 unspecified atom stereocenters. The van der Waals surface area contributed by atoms with E-state index in [0.29, 0.717) is 5.56 Å². The first kappa shape index (κ1) is 14.1. The number of nitrogens with zero attached hydrogens (tertiary/aromatic N) is 2. The Morgan fingerprint density at radius 3 is 2.55 bits per heavy atom. The lowest BCUT2D eigenvalue weighted by atomic mass is 10.1. The second-order valence-corrected chi connectivity index (χ2v) is 5.31. The van der Waals surface area contributed by atoms with E-state index in [2.05, 4.69) is 10.3 Å². The summed E-state index contributed by atoms with van der Waals surface area (Å²) in [5.74, 6) is 0.618. The molecule has 0 atom stereocenters. The molecule has 0 aliphatic rings. The number of anilines is 2. The van der Waals surface area contributed by atoms with Crippen LogP contribution in [0.2, 0.25) is 0 Å². The third-order valence-corrected chi connectivity index (χ3v) is 3.47. The number of amides is 1. The molecule has 1 heterocycles. The highest BCUT2D eigenvalue weighted by Gasteiger charge is 2.08. The van der Waals surface area contributed by atoms with Gasteiger partial charge in [-0.05, 0) is 35.0 Å². The minimum Gasteiger partial charge on any atom is -0.363 e. The van der Waals surface area contributed by atoms with Gasteiger partial charge in [0.05, 0.1) is 0 Å². The Morgan fingerprint density at radius 2 is 1.77 bits per heavy atom. The molecule has 0 aliphatic heterocycles. The summed E-state index contributed by atoms with van der Waals surface area (Å²) in [6.45, 7) is 0. The number of benzene rings is 2. The third kappa shape index (κ3) is 2.91. The van der Waals surface area contributed by atoms with Crippen molar-refractivity contribution in [1.82, 2.24) is 4.98 Å². The first-order valence-corrected chi connectivity index (χ1v) is 7.07. The Kier molecular flexibility index (Phi) is 3.74. The van der Waals surface area contributed by atoms with Crippen LogP contribution in [-0.4, -0.2) is 25.0 Å². The average Bonchev–Trinajstić information content (AvgIpc) is 2.55. The second-order valence-electron chi connectivity index (χ2n) is 5.31. The van der Waals surface area contributed by atoms with Gasteiger partial charge in [-0.2, -0.15) is 0 Å². The van der Waals surface area contributed by atoms with E-state index in [1.54, 1.807) is 18.3 Å². The molecule has 22 heavy (non-hydrogen) atoms. The SMILES string of the molecule is CN(C)c1cc(C(=O)Nc2ccc3ccccc3c2)ccn1. The summed E-state index contributed by atoms with van der Waals surface area (Å²) in [6, 6.07) is 17.4. The normalized spacial score (nSPS) is 10.5. The molecule has 1 aromatic heterocycles. The lowest BCUT2D eigenvalue weighted by Crippen LogP contribution is -2.15. The van der Waals surface area contributed by atoms with Gasteiger partial charge < -0.3 is 10.2 Å². The molecule has 0 saturated heterocycles. The van der Waals surface area contributed by atoms with Gasteiger partial charge in [-0.1, -0.05) is 30.3 Å². The zero-order chi connectivity index (χ0) is 15.5. The summed E-state index contributed by atoms with van der Waals surface area (Å²) in [4.78, 5) is 18.5. The van der Waals surface area contributed by atoms with E-state index in [1.165, 1.54) is 0 Å². The molecule has 0 bridgehead atoms. The number of hydrogen-bond acceptors (Lipinski definition) is 3. The highest BCUT2D eigenvalue weighted by atomic mass is 16.1. The van der Waals surface area contributed by atoms with Crippen LogP contribution in [0, 0.1) is 0 Å². The van der Waals surface area contributed by atoms with Gasteiger partial charge in [0.25, 0.3) is 5.91 Å². The standard InChI is InChI=1S/C18H17N3O/c1-21(2)17-12-15(9-10-19-17)18(22)20-16-8-7-13-5-3-4-6-14(13)11-16/h3-12H,1-2H3,(H,20,22). The fourth-order valence-corrected chi connectivity index (χ4v) is 2.27. The number of pyridine rings is 1. The highest BCUT2D eigenvalue weighted by Crippen LogP contribution is 2.19. The number of carbonyl (C=O) groups excluding carboxylic acids is 1. The number of aromatic nitrogens is 1. The molecule has 2 aromatic carbocycles. The maximum Gasteiger partial charge on any atom is 0.255 e. The van der Waals surface area contributed by atoms with Gasteiger partial charge in [0.1, 0.15) is 5.82 Å². The molecule has 1 amide bonds. The van der Waals surface area contributed by atoms with Crippen LogP contribution in [0.4, 0.5) is 11.5 Å². The quantitative estimate of drug-likeness (QED) is 0.802. The summed E-state index contributed by atoms with van der Waals surface area (Å²) in [5.41, 5.74) is 1.37. The molecule has 0 saturated carbocycles. The topological polar surface area (TPSA) is 45.2 Å². The molecule has 0 spiro atoms. The maximum absolute atomic E-state index is 12.4. The fourth-order valence-electron chi connectivity index (χ4n) is 2.27.